The van der Waals surface area contributed by atoms with Gasteiger partial charge < -0.3 is 10.6 Å². The summed E-state index contributed by atoms with van der Waals surface area (Å²) in [6.45, 7) is 2.57. The van der Waals surface area contributed by atoms with Crippen LogP contribution in [0, 0.1) is 0 Å². The molecule has 0 radical (unpaired) electrons. The molecule has 6 heteroatoms. The second-order valence-electron chi connectivity index (χ2n) is 3.35. The van der Waals surface area contributed by atoms with Crippen LogP contribution in [-0.4, -0.2) is 49.1 Å². The molecule has 1 rings (SSSR count). The number of alkyl halides is 2. The summed E-state index contributed by atoms with van der Waals surface area (Å²) in [5.41, 5.74) is 5.12. The van der Waals surface area contributed by atoms with E-state index in [2.05, 4.69) is 11.7 Å². The summed E-state index contributed by atoms with van der Waals surface area (Å²) in [4.78, 5) is 15.8. The van der Waals surface area contributed by atoms with E-state index in [4.69, 9.17) is 5.73 Å². The van der Waals surface area contributed by atoms with Crippen LogP contribution in [0.5, 0.6) is 0 Å². The Morgan fingerprint density at radius 2 is 2.36 bits per heavy atom. The molecule has 1 aliphatic rings. The third kappa shape index (κ3) is 2.25. The molecule has 0 unspecified atom stereocenters. The van der Waals surface area contributed by atoms with E-state index in [9.17, 15) is 13.6 Å². The van der Waals surface area contributed by atoms with Crippen LogP contribution < -0.4 is 5.73 Å². The van der Waals surface area contributed by atoms with Gasteiger partial charge in [0, 0.05) is 6.42 Å². The predicted molar refractivity (Wildman–Crippen MR) is 48.5 cm³/mol. The van der Waals surface area contributed by atoms with Gasteiger partial charge in [0.1, 0.15) is 0 Å². The molecule has 4 nitrogen and oxygen atoms in total. The number of likely N-dealkylation sites (tertiary alicyclic amines) is 1. The highest BCUT2D eigenvalue weighted by atomic mass is 19.3. The number of aliphatic imine (C=N–C) groups is 1. The minimum absolute atomic E-state index is 0.140. The van der Waals surface area contributed by atoms with Crippen molar-refractivity contribution in [3.05, 3.63) is 0 Å². The third-order valence-electron chi connectivity index (χ3n) is 2.21. The molecule has 1 fully saturated rings. The molecule has 1 aliphatic heterocycles. The lowest BCUT2D eigenvalue weighted by atomic mass is 10.2. The molecule has 1 amide bonds. The van der Waals surface area contributed by atoms with E-state index in [1.807, 2.05) is 0 Å². The smallest absolute Gasteiger partial charge is 0.267 e. The molecule has 0 spiro atoms. The molecular weight excluding hydrogens is 192 g/mol. The van der Waals surface area contributed by atoms with Crippen LogP contribution in [-0.2, 0) is 4.79 Å². The van der Waals surface area contributed by atoms with Gasteiger partial charge in [0.15, 0.2) is 0 Å². The maximum atomic E-state index is 13.0. The summed E-state index contributed by atoms with van der Waals surface area (Å²) in [7, 11) is 0. The summed E-state index contributed by atoms with van der Waals surface area (Å²) in [5.74, 6) is -3.28. The minimum atomic E-state index is -2.82. The van der Waals surface area contributed by atoms with Crippen molar-refractivity contribution < 1.29 is 13.6 Å². The quantitative estimate of drug-likeness (QED) is 0.653. The highest BCUT2D eigenvalue weighted by Crippen LogP contribution is 2.31. The van der Waals surface area contributed by atoms with Crippen molar-refractivity contribution in [2.24, 2.45) is 10.7 Å². The topological polar surface area (TPSA) is 58.7 Å². The van der Waals surface area contributed by atoms with Crippen molar-refractivity contribution in [2.45, 2.75) is 18.4 Å². The maximum absolute atomic E-state index is 13.0. The number of hydrogen-bond donors (Lipinski definition) is 1. The normalized spacial score (nSPS) is 25.1. The Hall–Kier alpha value is -1.04. The zero-order chi connectivity index (χ0) is 10.8. The van der Waals surface area contributed by atoms with E-state index in [0.717, 1.165) is 4.90 Å². The van der Waals surface area contributed by atoms with Crippen LogP contribution in [0.15, 0.2) is 4.99 Å². The van der Waals surface area contributed by atoms with Crippen LogP contribution in [0.1, 0.15) is 6.42 Å². The Kier molecular flexibility index (Phi) is 3.15. The molecule has 0 saturated carbocycles. The van der Waals surface area contributed by atoms with Gasteiger partial charge in [0.2, 0.25) is 5.91 Å². The molecule has 2 N–H and O–H groups in total. The third-order valence-corrected chi connectivity index (χ3v) is 2.21. The molecule has 0 aromatic heterocycles. The Balaban J connectivity index is 2.71. The van der Waals surface area contributed by atoms with Crippen molar-refractivity contribution >= 4 is 12.6 Å². The number of halogens is 2. The van der Waals surface area contributed by atoms with Crippen molar-refractivity contribution in [2.75, 3.05) is 19.6 Å². The zero-order valence-electron chi connectivity index (χ0n) is 7.75. The van der Waals surface area contributed by atoms with Crippen LogP contribution in [0.2, 0.25) is 0 Å². The van der Waals surface area contributed by atoms with E-state index in [1.165, 1.54) is 0 Å². The van der Waals surface area contributed by atoms with Crippen LogP contribution >= 0.6 is 0 Å². The Morgan fingerprint density at radius 3 is 2.86 bits per heavy atom. The molecule has 80 valence electrons. The number of amides is 1. The standard InChI is InChI=1S/C8H13F2N3O/c1-12-4-6-2-8(9,10)5-13(6)7(14)3-11/h6H,1-5,11H2/t6-/m0/s1. The van der Waals surface area contributed by atoms with E-state index in [1.54, 1.807) is 0 Å². The monoisotopic (exact) mass is 205 g/mol. The summed E-state index contributed by atoms with van der Waals surface area (Å²) in [5, 5.41) is 0. The van der Waals surface area contributed by atoms with Crippen LogP contribution in [0.4, 0.5) is 8.78 Å². The fraction of sp³-hybridized carbons (Fsp3) is 0.750. The van der Waals surface area contributed by atoms with Crippen molar-refractivity contribution in [3.63, 3.8) is 0 Å². The van der Waals surface area contributed by atoms with E-state index < -0.39 is 24.4 Å². The first-order valence-corrected chi connectivity index (χ1v) is 4.30. The van der Waals surface area contributed by atoms with Gasteiger partial charge in [-0.1, -0.05) is 0 Å². The number of carbonyl (C=O) groups is 1. The minimum Gasteiger partial charge on any atom is -0.330 e. The average molecular weight is 205 g/mol. The highest BCUT2D eigenvalue weighted by molar-refractivity contribution is 5.78. The zero-order valence-corrected chi connectivity index (χ0v) is 7.75. The van der Waals surface area contributed by atoms with E-state index in [0.29, 0.717) is 0 Å². The second kappa shape index (κ2) is 4.00. The van der Waals surface area contributed by atoms with Gasteiger partial charge in [-0.2, -0.15) is 0 Å². The fourth-order valence-corrected chi connectivity index (χ4v) is 1.62. The molecule has 1 atom stereocenters. The first-order chi connectivity index (χ1) is 6.50. The fourth-order valence-electron chi connectivity index (χ4n) is 1.62. The van der Waals surface area contributed by atoms with Gasteiger partial charge >= 0.3 is 0 Å². The van der Waals surface area contributed by atoms with Gasteiger partial charge in [0.25, 0.3) is 5.92 Å². The number of carbonyl (C=O) groups excluding carboxylic acids is 1. The number of nitrogens with zero attached hydrogens (tertiary/aromatic N) is 2. The number of nitrogens with two attached hydrogens (primary N) is 1. The van der Waals surface area contributed by atoms with E-state index >= 15 is 0 Å². The lowest BCUT2D eigenvalue weighted by Crippen LogP contribution is -2.41. The molecule has 0 aromatic rings. The van der Waals surface area contributed by atoms with Crippen LogP contribution in [0.3, 0.4) is 0 Å². The van der Waals surface area contributed by atoms with Crippen molar-refractivity contribution in [1.82, 2.24) is 4.90 Å². The summed E-state index contributed by atoms with van der Waals surface area (Å²) in [6.07, 6.45) is -0.349. The largest absolute Gasteiger partial charge is 0.330 e. The Labute approximate surface area is 80.8 Å². The van der Waals surface area contributed by atoms with Gasteiger partial charge in [-0.05, 0) is 6.72 Å². The van der Waals surface area contributed by atoms with Crippen molar-refractivity contribution in [1.29, 1.82) is 0 Å². The molecule has 14 heavy (non-hydrogen) atoms. The van der Waals surface area contributed by atoms with E-state index in [-0.39, 0.29) is 19.5 Å². The van der Waals surface area contributed by atoms with Gasteiger partial charge in [-0.25, -0.2) is 8.78 Å². The van der Waals surface area contributed by atoms with Crippen LogP contribution in [0.25, 0.3) is 0 Å². The predicted octanol–water partition coefficient (Wildman–Crippen LogP) is -0.118. The van der Waals surface area contributed by atoms with Crippen molar-refractivity contribution in [3.8, 4) is 0 Å². The lowest BCUT2D eigenvalue weighted by Gasteiger charge is -2.21. The number of rotatable bonds is 3. The maximum Gasteiger partial charge on any atom is 0.267 e. The number of hydrogen-bond acceptors (Lipinski definition) is 3. The Bertz CT molecular complexity index is 245. The average Bonchev–Trinajstić information content (AvgIpc) is 2.41. The highest BCUT2D eigenvalue weighted by Gasteiger charge is 2.46. The second-order valence-corrected chi connectivity index (χ2v) is 3.35. The first kappa shape index (κ1) is 11.0. The van der Waals surface area contributed by atoms with Gasteiger partial charge in [0.05, 0.1) is 25.7 Å². The first-order valence-electron chi connectivity index (χ1n) is 4.30. The lowest BCUT2D eigenvalue weighted by molar-refractivity contribution is -0.131. The molecule has 1 saturated heterocycles. The molecule has 1 heterocycles. The molecule has 0 aromatic carbocycles. The molecule has 0 aliphatic carbocycles. The summed E-state index contributed by atoms with van der Waals surface area (Å²) in [6, 6.07) is -0.557. The van der Waals surface area contributed by atoms with Gasteiger partial charge in [-0.15, -0.1) is 0 Å². The summed E-state index contributed by atoms with van der Waals surface area (Å²) >= 11 is 0. The summed E-state index contributed by atoms with van der Waals surface area (Å²) < 4.78 is 25.9. The molecule has 0 bridgehead atoms. The van der Waals surface area contributed by atoms with Gasteiger partial charge in [-0.3, -0.25) is 9.79 Å². The molecular formula is C8H13F2N3O. The SMILES string of the molecule is C=NC[C@@H]1CC(F)(F)CN1C(=O)CN. The Morgan fingerprint density at radius 1 is 1.71 bits per heavy atom.